The zero-order chi connectivity index (χ0) is 20.1. The van der Waals surface area contributed by atoms with Crippen molar-refractivity contribution in [1.29, 1.82) is 0 Å². The number of aryl methyl sites for hydroxylation is 2. The summed E-state index contributed by atoms with van der Waals surface area (Å²) >= 11 is 0. The highest BCUT2D eigenvalue weighted by molar-refractivity contribution is 7.89. The zero-order valence-corrected chi connectivity index (χ0v) is 16.6. The molecule has 0 unspecified atom stereocenters. The molecule has 0 aliphatic carbocycles. The molecule has 28 heavy (non-hydrogen) atoms. The van der Waals surface area contributed by atoms with E-state index in [1.165, 1.54) is 24.3 Å². The molecule has 0 saturated heterocycles. The second-order valence-electron chi connectivity index (χ2n) is 6.61. The van der Waals surface area contributed by atoms with Gasteiger partial charge in [-0.15, -0.1) is 0 Å². The maximum atomic E-state index is 12.5. The van der Waals surface area contributed by atoms with Gasteiger partial charge < -0.3 is 5.32 Å². The molecule has 0 spiro atoms. The van der Waals surface area contributed by atoms with E-state index in [0.717, 1.165) is 22.4 Å². The average molecular weight is 394 g/mol. The Labute approximate surface area is 165 Å². The first-order valence-corrected chi connectivity index (χ1v) is 10.4. The van der Waals surface area contributed by atoms with E-state index in [0.29, 0.717) is 5.56 Å². The van der Waals surface area contributed by atoms with Crippen LogP contribution in [0.1, 0.15) is 27.0 Å². The molecular weight excluding hydrogens is 372 g/mol. The van der Waals surface area contributed by atoms with Crippen molar-refractivity contribution >= 4 is 21.6 Å². The number of carbonyl (C=O) groups excluding carboxylic acids is 1. The van der Waals surface area contributed by atoms with Gasteiger partial charge in [0.15, 0.2) is 0 Å². The number of carbonyl (C=O) groups is 1. The number of anilines is 1. The van der Waals surface area contributed by atoms with Crippen molar-refractivity contribution < 1.29 is 13.2 Å². The minimum atomic E-state index is -3.65. The van der Waals surface area contributed by atoms with Crippen LogP contribution in [-0.4, -0.2) is 14.3 Å². The predicted octanol–water partition coefficient (Wildman–Crippen LogP) is 4.03. The number of amides is 1. The van der Waals surface area contributed by atoms with Crippen molar-refractivity contribution in [3.8, 4) is 0 Å². The summed E-state index contributed by atoms with van der Waals surface area (Å²) in [4.78, 5) is 12.6. The summed E-state index contributed by atoms with van der Waals surface area (Å²) in [6.07, 6.45) is 0. The zero-order valence-electron chi connectivity index (χ0n) is 15.8. The monoisotopic (exact) mass is 394 g/mol. The lowest BCUT2D eigenvalue weighted by Gasteiger charge is -2.10. The van der Waals surface area contributed by atoms with Crippen molar-refractivity contribution in [2.45, 2.75) is 25.3 Å². The highest BCUT2D eigenvalue weighted by atomic mass is 32.2. The molecular formula is C22H22N2O3S. The van der Waals surface area contributed by atoms with Crippen LogP contribution < -0.4 is 10.0 Å². The number of sulfonamides is 1. The molecule has 3 aromatic carbocycles. The highest BCUT2D eigenvalue weighted by Crippen LogP contribution is 2.18. The van der Waals surface area contributed by atoms with E-state index in [2.05, 4.69) is 10.0 Å². The Hall–Kier alpha value is -2.96. The lowest BCUT2D eigenvalue weighted by Crippen LogP contribution is -2.23. The standard InChI is InChI=1S/C22H22N2O3S/c1-16-8-9-17(2)21(14-16)24-22(25)19-10-12-20(13-11-19)28(26,27)23-15-18-6-4-3-5-7-18/h3-14,23H,15H2,1-2H3,(H,24,25). The summed E-state index contributed by atoms with van der Waals surface area (Å²) in [5.74, 6) is -0.283. The van der Waals surface area contributed by atoms with E-state index in [9.17, 15) is 13.2 Å². The number of nitrogens with one attached hydrogen (secondary N) is 2. The molecule has 0 bridgehead atoms. The van der Waals surface area contributed by atoms with Gasteiger partial charge in [-0.2, -0.15) is 0 Å². The third-order valence-electron chi connectivity index (χ3n) is 4.38. The molecule has 5 nitrogen and oxygen atoms in total. The van der Waals surface area contributed by atoms with Gasteiger partial charge in [0.05, 0.1) is 4.90 Å². The number of rotatable bonds is 6. The summed E-state index contributed by atoms with van der Waals surface area (Å²) < 4.78 is 27.5. The first-order valence-electron chi connectivity index (χ1n) is 8.87. The Morgan fingerprint density at radius 3 is 2.25 bits per heavy atom. The number of hydrogen-bond donors (Lipinski definition) is 2. The summed E-state index contributed by atoms with van der Waals surface area (Å²) in [6, 6.07) is 21.0. The second kappa shape index (κ2) is 8.37. The summed E-state index contributed by atoms with van der Waals surface area (Å²) in [7, 11) is -3.65. The molecule has 3 aromatic rings. The van der Waals surface area contributed by atoms with E-state index >= 15 is 0 Å². The van der Waals surface area contributed by atoms with E-state index < -0.39 is 10.0 Å². The minimum absolute atomic E-state index is 0.117. The fraction of sp³-hybridized carbons (Fsp3) is 0.136. The molecule has 0 aliphatic rings. The Kier molecular flexibility index (Phi) is 5.92. The molecule has 3 rings (SSSR count). The van der Waals surface area contributed by atoms with Crippen LogP contribution in [-0.2, 0) is 16.6 Å². The highest BCUT2D eigenvalue weighted by Gasteiger charge is 2.15. The summed E-state index contributed by atoms with van der Waals surface area (Å²) in [6.45, 7) is 4.08. The Morgan fingerprint density at radius 1 is 0.893 bits per heavy atom. The summed E-state index contributed by atoms with van der Waals surface area (Å²) in [5, 5.41) is 2.87. The van der Waals surface area contributed by atoms with Crippen LogP contribution in [0.15, 0.2) is 77.7 Å². The molecule has 2 N–H and O–H groups in total. The van der Waals surface area contributed by atoms with Crippen LogP contribution >= 0.6 is 0 Å². The molecule has 0 aliphatic heterocycles. The van der Waals surface area contributed by atoms with E-state index in [1.807, 2.05) is 62.4 Å². The van der Waals surface area contributed by atoms with Gasteiger partial charge in [-0.05, 0) is 60.9 Å². The van der Waals surface area contributed by atoms with Crippen molar-refractivity contribution in [3.05, 3.63) is 95.1 Å². The molecule has 0 saturated carbocycles. The Bertz CT molecular complexity index is 1080. The first kappa shape index (κ1) is 19.8. The molecule has 144 valence electrons. The maximum absolute atomic E-state index is 12.5. The van der Waals surface area contributed by atoms with Crippen LogP contribution in [0.4, 0.5) is 5.69 Å². The van der Waals surface area contributed by atoms with Crippen LogP contribution in [0, 0.1) is 13.8 Å². The van der Waals surface area contributed by atoms with Crippen molar-refractivity contribution in [2.24, 2.45) is 0 Å². The topological polar surface area (TPSA) is 75.3 Å². The van der Waals surface area contributed by atoms with Gasteiger partial charge in [-0.3, -0.25) is 4.79 Å². The van der Waals surface area contributed by atoms with Gasteiger partial charge in [-0.25, -0.2) is 13.1 Å². The lowest BCUT2D eigenvalue weighted by molar-refractivity contribution is 0.102. The first-order chi connectivity index (χ1) is 13.3. The average Bonchev–Trinajstić information content (AvgIpc) is 2.70. The normalized spacial score (nSPS) is 11.2. The molecule has 0 atom stereocenters. The van der Waals surface area contributed by atoms with Crippen LogP contribution in [0.25, 0.3) is 0 Å². The van der Waals surface area contributed by atoms with Gasteiger partial charge in [0, 0.05) is 17.8 Å². The SMILES string of the molecule is Cc1ccc(C)c(NC(=O)c2ccc(S(=O)(=O)NCc3ccccc3)cc2)c1. The third-order valence-corrected chi connectivity index (χ3v) is 5.79. The lowest BCUT2D eigenvalue weighted by atomic mass is 10.1. The maximum Gasteiger partial charge on any atom is 0.255 e. The van der Waals surface area contributed by atoms with Gasteiger partial charge in [0.1, 0.15) is 0 Å². The van der Waals surface area contributed by atoms with Crippen molar-refractivity contribution in [2.75, 3.05) is 5.32 Å². The van der Waals surface area contributed by atoms with Gasteiger partial charge in [0.2, 0.25) is 10.0 Å². The molecule has 1 amide bonds. The smallest absolute Gasteiger partial charge is 0.255 e. The second-order valence-corrected chi connectivity index (χ2v) is 8.37. The number of benzene rings is 3. The molecule has 0 aromatic heterocycles. The van der Waals surface area contributed by atoms with Gasteiger partial charge in [-0.1, -0.05) is 42.5 Å². The van der Waals surface area contributed by atoms with Gasteiger partial charge in [0.25, 0.3) is 5.91 Å². The summed E-state index contributed by atoms with van der Waals surface area (Å²) in [5.41, 5.74) is 4.01. The fourth-order valence-corrected chi connectivity index (χ4v) is 3.73. The van der Waals surface area contributed by atoms with E-state index in [1.54, 1.807) is 0 Å². The van der Waals surface area contributed by atoms with Crippen LogP contribution in [0.3, 0.4) is 0 Å². The quantitative estimate of drug-likeness (QED) is 0.663. The fourth-order valence-electron chi connectivity index (χ4n) is 2.71. The van der Waals surface area contributed by atoms with Crippen LogP contribution in [0.5, 0.6) is 0 Å². The minimum Gasteiger partial charge on any atom is -0.322 e. The Morgan fingerprint density at radius 2 is 1.57 bits per heavy atom. The Balaban J connectivity index is 1.70. The predicted molar refractivity (Wildman–Crippen MR) is 111 cm³/mol. The molecule has 0 radical (unpaired) electrons. The molecule has 6 heteroatoms. The van der Waals surface area contributed by atoms with Gasteiger partial charge >= 0.3 is 0 Å². The van der Waals surface area contributed by atoms with Crippen LogP contribution in [0.2, 0.25) is 0 Å². The molecule has 0 heterocycles. The van der Waals surface area contributed by atoms with Crippen molar-refractivity contribution in [3.63, 3.8) is 0 Å². The largest absolute Gasteiger partial charge is 0.322 e. The molecule has 0 fully saturated rings. The van der Waals surface area contributed by atoms with Crippen molar-refractivity contribution in [1.82, 2.24) is 4.72 Å². The van der Waals surface area contributed by atoms with E-state index in [-0.39, 0.29) is 17.3 Å². The number of hydrogen-bond acceptors (Lipinski definition) is 3. The van der Waals surface area contributed by atoms with E-state index in [4.69, 9.17) is 0 Å². The third kappa shape index (κ3) is 4.85.